The second kappa shape index (κ2) is 5.67. The first kappa shape index (κ1) is 15.5. The lowest BCUT2D eigenvalue weighted by molar-refractivity contribution is -0.145. The predicted octanol–water partition coefficient (Wildman–Crippen LogP) is 3.80. The molecule has 2 aliphatic rings. The van der Waals surface area contributed by atoms with Gasteiger partial charge in [-0.3, -0.25) is 4.79 Å². The predicted molar refractivity (Wildman–Crippen MR) is 82.7 cm³/mol. The lowest BCUT2D eigenvalue weighted by atomic mass is 9.67. The molecule has 120 valence electrons. The fourth-order valence-electron chi connectivity index (χ4n) is 3.81. The largest absolute Gasteiger partial charge is 0.481 e. The van der Waals surface area contributed by atoms with Gasteiger partial charge in [-0.25, -0.2) is 0 Å². The topological polar surface area (TPSA) is 55.8 Å². The Morgan fingerprint density at radius 3 is 2.45 bits per heavy atom. The van der Waals surface area contributed by atoms with Gasteiger partial charge in [0.2, 0.25) is 0 Å². The lowest BCUT2D eigenvalue weighted by Gasteiger charge is -2.36. The van der Waals surface area contributed by atoms with Crippen molar-refractivity contribution in [2.24, 2.45) is 0 Å². The zero-order valence-electron chi connectivity index (χ0n) is 13.3. The van der Waals surface area contributed by atoms with E-state index in [0.29, 0.717) is 19.4 Å². The van der Waals surface area contributed by atoms with Gasteiger partial charge < -0.3 is 14.6 Å². The Balaban J connectivity index is 2.02. The zero-order chi connectivity index (χ0) is 15.8. The summed E-state index contributed by atoms with van der Waals surface area (Å²) in [5.74, 6) is -1.32. The maximum Gasteiger partial charge on any atom is 0.314 e. The molecule has 1 heterocycles. The summed E-state index contributed by atoms with van der Waals surface area (Å²) in [6.45, 7) is 4.26. The Labute approximate surface area is 131 Å². The Morgan fingerprint density at radius 1 is 1.18 bits per heavy atom. The molecule has 4 heteroatoms. The summed E-state index contributed by atoms with van der Waals surface area (Å²) < 4.78 is 11.6. The van der Waals surface area contributed by atoms with Crippen LogP contribution in [0.1, 0.15) is 63.2 Å². The van der Waals surface area contributed by atoms with Crippen LogP contribution >= 0.6 is 0 Å². The number of ether oxygens (including phenoxy) is 2. The Bertz CT molecular complexity index is 558. The maximum atomic E-state index is 12.1. The van der Waals surface area contributed by atoms with E-state index in [1.807, 2.05) is 38.1 Å². The molecule has 1 aliphatic heterocycles. The summed E-state index contributed by atoms with van der Waals surface area (Å²) in [6.07, 6.45) is 4.27. The molecule has 0 spiro atoms. The highest BCUT2D eigenvalue weighted by Gasteiger charge is 2.45. The number of rotatable bonds is 3. The Hall–Kier alpha value is -1.39. The molecular formula is C18H24O4. The first-order valence-electron chi connectivity index (χ1n) is 8.09. The SMILES string of the molecule is CC1(C)OCC(c2ccccc2C2(C(=O)O)CCCCC2)O1. The van der Waals surface area contributed by atoms with Crippen molar-refractivity contribution in [2.45, 2.75) is 63.3 Å². The number of carboxylic acid groups (broad SMARTS) is 1. The summed E-state index contributed by atoms with van der Waals surface area (Å²) in [5.41, 5.74) is 1.11. The second-order valence-corrected chi connectivity index (χ2v) is 6.85. The van der Waals surface area contributed by atoms with E-state index in [0.717, 1.165) is 30.4 Å². The van der Waals surface area contributed by atoms with Crippen molar-refractivity contribution in [1.82, 2.24) is 0 Å². The van der Waals surface area contributed by atoms with Crippen LogP contribution in [0, 0.1) is 0 Å². The van der Waals surface area contributed by atoms with Crippen molar-refractivity contribution in [2.75, 3.05) is 6.61 Å². The number of benzene rings is 1. The van der Waals surface area contributed by atoms with Crippen molar-refractivity contribution >= 4 is 5.97 Å². The van der Waals surface area contributed by atoms with Gasteiger partial charge in [0.1, 0.15) is 6.10 Å². The van der Waals surface area contributed by atoms with Gasteiger partial charge >= 0.3 is 5.97 Å². The first-order chi connectivity index (χ1) is 10.4. The quantitative estimate of drug-likeness (QED) is 0.923. The van der Waals surface area contributed by atoms with Crippen molar-refractivity contribution in [3.8, 4) is 0 Å². The maximum absolute atomic E-state index is 12.1. The number of carboxylic acids is 1. The van der Waals surface area contributed by atoms with Gasteiger partial charge in [0.25, 0.3) is 0 Å². The minimum Gasteiger partial charge on any atom is -0.481 e. The van der Waals surface area contributed by atoms with Gasteiger partial charge in [0, 0.05) is 0 Å². The van der Waals surface area contributed by atoms with E-state index in [2.05, 4.69) is 0 Å². The van der Waals surface area contributed by atoms with Gasteiger partial charge in [-0.15, -0.1) is 0 Å². The molecule has 0 radical (unpaired) electrons. The molecule has 1 aromatic carbocycles. The Kier molecular flexibility index (Phi) is 4.00. The number of hydrogen-bond donors (Lipinski definition) is 1. The number of carbonyl (C=O) groups is 1. The molecule has 1 unspecified atom stereocenters. The molecule has 0 aromatic heterocycles. The monoisotopic (exact) mass is 304 g/mol. The molecule has 4 nitrogen and oxygen atoms in total. The van der Waals surface area contributed by atoms with Crippen LogP contribution in [0.3, 0.4) is 0 Å². The summed E-state index contributed by atoms with van der Waals surface area (Å²) in [4.78, 5) is 12.1. The average molecular weight is 304 g/mol. The van der Waals surface area contributed by atoms with E-state index in [4.69, 9.17) is 9.47 Å². The van der Waals surface area contributed by atoms with Crippen LogP contribution in [-0.4, -0.2) is 23.5 Å². The van der Waals surface area contributed by atoms with Gasteiger partial charge in [-0.2, -0.15) is 0 Å². The van der Waals surface area contributed by atoms with E-state index in [1.54, 1.807) is 0 Å². The van der Waals surface area contributed by atoms with Crippen LogP contribution in [0.25, 0.3) is 0 Å². The van der Waals surface area contributed by atoms with Gasteiger partial charge in [-0.05, 0) is 37.8 Å². The highest BCUT2D eigenvalue weighted by molar-refractivity contribution is 5.82. The zero-order valence-corrected chi connectivity index (χ0v) is 13.3. The molecule has 1 aliphatic carbocycles. The highest BCUT2D eigenvalue weighted by Crippen LogP contribution is 2.44. The van der Waals surface area contributed by atoms with Gasteiger partial charge in [0.15, 0.2) is 5.79 Å². The molecule has 1 saturated carbocycles. The lowest BCUT2D eigenvalue weighted by Crippen LogP contribution is -2.39. The summed E-state index contributed by atoms with van der Waals surface area (Å²) >= 11 is 0. The minimum absolute atomic E-state index is 0.190. The van der Waals surface area contributed by atoms with Crippen molar-refractivity contribution < 1.29 is 19.4 Å². The third-order valence-corrected chi connectivity index (χ3v) is 4.95. The van der Waals surface area contributed by atoms with Crippen LogP contribution in [-0.2, 0) is 19.7 Å². The van der Waals surface area contributed by atoms with E-state index < -0.39 is 17.2 Å². The Morgan fingerprint density at radius 2 is 1.86 bits per heavy atom. The molecule has 22 heavy (non-hydrogen) atoms. The van der Waals surface area contributed by atoms with E-state index >= 15 is 0 Å². The molecule has 1 aromatic rings. The average Bonchev–Trinajstić information content (AvgIpc) is 2.88. The normalized spacial score (nSPS) is 26.7. The van der Waals surface area contributed by atoms with E-state index in [-0.39, 0.29) is 6.10 Å². The van der Waals surface area contributed by atoms with Crippen LogP contribution in [0.5, 0.6) is 0 Å². The smallest absolute Gasteiger partial charge is 0.314 e. The van der Waals surface area contributed by atoms with Crippen molar-refractivity contribution in [1.29, 1.82) is 0 Å². The van der Waals surface area contributed by atoms with E-state index in [9.17, 15) is 9.90 Å². The standard InChI is InChI=1S/C18H24O4/c1-17(2)21-12-15(22-17)13-8-4-5-9-14(13)18(16(19)20)10-6-3-7-11-18/h4-5,8-9,15H,3,6-7,10-12H2,1-2H3,(H,19,20). The van der Waals surface area contributed by atoms with Crippen LogP contribution < -0.4 is 0 Å². The van der Waals surface area contributed by atoms with Crippen LogP contribution in [0.2, 0.25) is 0 Å². The van der Waals surface area contributed by atoms with Crippen LogP contribution in [0.4, 0.5) is 0 Å². The fourth-order valence-corrected chi connectivity index (χ4v) is 3.81. The molecule has 1 saturated heterocycles. The molecule has 2 fully saturated rings. The third-order valence-electron chi connectivity index (χ3n) is 4.95. The number of aliphatic carboxylic acids is 1. The first-order valence-corrected chi connectivity index (χ1v) is 8.09. The summed E-state index contributed by atoms with van der Waals surface area (Å²) in [5, 5.41) is 9.94. The molecule has 0 bridgehead atoms. The van der Waals surface area contributed by atoms with E-state index in [1.165, 1.54) is 0 Å². The second-order valence-electron chi connectivity index (χ2n) is 6.85. The van der Waals surface area contributed by atoms with Gasteiger partial charge in [0.05, 0.1) is 12.0 Å². The molecule has 3 rings (SSSR count). The van der Waals surface area contributed by atoms with Crippen LogP contribution in [0.15, 0.2) is 24.3 Å². The summed E-state index contributed by atoms with van der Waals surface area (Å²) in [6, 6.07) is 7.83. The summed E-state index contributed by atoms with van der Waals surface area (Å²) in [7, 11) is 0. The minimum atomic E-state index is -0.773. The third kappa shape index (κ3) is 2.66. The van der Waals surface area contributed by atoms with Crippen molar-refractivity contribution in [3.05, 3.63) is 35.4 Å². The van der Waals surface area contributed by atoms with Gasteiger partial charge in [-0.1, -0.05) is 43.5 Å². The molecular weight excluding hydrogens is 280 g/mol. The highest BCUT2D eigenvalue weighted by atomic mass is 16.7. The molecule has 1 atom stereocenters. The van der Waals surface area contributed by atoms with Crippen molar-refractivity contribution in [3.63, 3.8) is 0 Å². The fraction of sp³-hybridized carbons (Fsp3) is 0.611. The molecule has 1 N–H and O–H groups in total. The molecule has 0 amide bonds. The number of hydrogen-bond acceptors (Lipinski definition) is 3.